The second-order valence-electron chi connectivity index (χ2n) is 9.79. The van der Waals surface area contributed by atoms with Gasteiger partial charge in [0.2, 0.25) is 0 Å². The van der Waals surface area contributed by atoms with Gasteiger partial charge in [0.05, 0.1) is 12.6 Å². The van der Waals surface area contributed by atoms with Crippen molar-refractivity contribution in [2.75, 3.05) is 30.8 Å². The maximum Gasteiger partial charge on any atom is 0.265 e. The van der Waals surface area contributed by atoms with Crippen LogP contribution in [0.1, 0.15) is 24.1 Å². The molecule has 1 aliphatic heterocycles. The van der Waals surface area contributed by atoms with Gasteiger partial charge in [-0.1, -0.05) is 6.07 Å². The molecule has 0 unspecified atom stereocenters. The Morgan fingerprint density at radius 3 is 2.67 bits per heavy atom. The molecule has 0 spiro atoms. The summed E-state index contributed by atoms with van der Waals surface area (Å²) < 4.78 is 62.8. The molecule has 8 nitrogen and oxygen atoms in total. The number of aromatic nitrogens is 3. The minimum atomic E-state index is -2.98. The normalized spacial score (nSPS) is 18.6. The van der Waals surface area contributed by atoms with Gasteiger partial charge in [0.1, 0.15) is 23.8 Å². The summed E-state index contributed by atoms with van der Waals surface area (Å²) >= 11 is 0. The van der Waals surface area contributed by atoms with E-state index in [2.05, 4.69) is 10.1 Å². The molecule has 0 amide bonds. The fraction of sp³-hybridized carbons (Fsp3) is 0.333. The Labute approximate surface area is 221 Å². The Morgan fingerprint density at radius 1 is 1.13 bits per heavy atom. The summed E-state index contributed by atoms with van der Waals surface area (Å²) in [5.41, 5.74) is 13.9. The van der Waals surface area contributed by atoms with Crippen LogP contribution in [0.5, 0.6) is 5.75 Å². The molecule has 2 atom stereocenters. The molecule has 2 aromatic carbocycles. The number of rotatable bonds is 7. The maximum atomic E-state index is 15.0. The third-order valence-corrected chi connectivity index (χ3v) is 7.29. The quantitative estimate of drug-likeness (QED) is 0.304. The summed E-state index contributed by atoms with van der Waals surface area (Å²) in [4.78, 5) is 5.85. The number of methoxy groups -OCH3 is 1. The van der Waals surface area contributed by atoms with Crippen LogP contribution in [0.3, 0.4) is 0 Å². The van der Waals surface area contributed by atoms with Crippen molar-refractivity contribution in [3.8, 4) is 16.9 Å². The zero-order valence-electron chi connectivity index (χ0n) is 21.1. The van der Waals surface area contributed by atoms with Crippen molar-refractivity contribution in [1.29, 1.82) is 0 Å². The van der Waals surface area contributed by atoms with Crippen LogP contribution in [0.15, 0.2) is 48.8 Å². The van der Waals surface area contributed by atoms with Gasteiger partial charge in [-0.2, -0.15) is 5.10 Å². The van der Waals surface area contributed by atoms with Gasteiger partial charge in [0, 0.05) is 42.5 Å². The number of hydrogen-bond donors (Lipinski definition) is 3. The van der Waals surface area contributed by atoms with Crippen molar-refractivity contribution in [2.24, 2.45) is 5.73 Å². The number of alkyl halides is 2. The molecule has 1 aliphatic rings. The number of nitrogen functional groups attached to an aromatic ring is 1. The highest BCUT2D eigenvalue weighted by Crippen LogP contribution is 2.36. The second-order valence-corrected chi connectivity index (χ2v) is 9.79. The summed E-state index contributed by atoms with van der Waals surface area (Å²) in [5.74, 6) is -1.30. The van der Waals surface area contributed by atoms with Crippen LogP contribution < -0.4 is 21.1 Å². The first kappa shape index (κ1) is 26.7. The molecular formula is C27H28F4N6O2. The minimum Gasteiger partial charge on any atom is -0.494 e. The lowest BCUT2D eigenvalue weighted by molar-refractivity contribution is -0.0529. The van der Waals surface area contributed by atoms with Crippen molar-refractivity contribution in [3.63, 3.8) is 0 Å². The highest BCUT2D eigenvalue weighted by Gasteiger charge is 2.43. The van der Waals surface area contributed by atoms with Crippen LogP contribution >= 0.6 is 0 Å². The molecule has 1 fully saturated rings. The maximum absolute atomic E-state index is 15.0. The van der Waals surface area contributed by atoms with Gasteiger partial charge in [0.15, 0.2) is 17.4 Å². The lowest BCUT2D eigenvalue weighted by atomic mass is 9.84. The van der Waals surface area contributed by atoms with E-state index in [1.807, 2.05) is 11.0 Å². The smallest absolute Gasteiger partial charge is 0.265 e. The van der Waals surface area contributed by atoms with E-state index in [9.17, 15) is 22.7 Å². The summed E-state index contributed by atoms with van der Waals surface area (Å²) in [6.45, 7) is 0.497. The van der Waals surface area contributed by atoms with Crippen molar-refractivity contribution in [3.05, 3.63) is 71.7 Å². The highest BCUT2D eigenvalue weighted by atomic mass is 19.3. The molecule has 3 heterocycles. The molecule has 0 saturated carbocycles. The molecule has 206 valence electrons. The standard InChI is InChI=1S/C27H28F4N6O2/c1-39-23-12-19(28)18(11-20(23)29)15-3-5-21(36-8-2-7-27(33,13-36)24(38)25(30)31)16(9-15)10-17-4-6-22-26(32)34-14-35-37(17)22/h3-6,9,11-12,14,24-25,38H,2,7-8,10,13,33H2,1H3,(H2,32,34,35)/t24-,27-/m1/s1. The Balaban J connectivity index is 1.60. The molecule has 5 rings (SSSR count). The molecule has 2 aromatic heterocycles. The number of aliphatic hydroxyl groups is 1. The highest BCUT2D eigenvalue weighted by molar-refractivity contribution is 5.71. The number of piperidine rings is 1. The average molecular weight is 545 g/mol. The summed E-state index contributed by atoms with van der Waals surface area (Å²) in [6.07, 6.45) is -2.64. The number of fused-ring (bicyclic) bond motifs is 1. The fourth-order valence-electron chi connectivity index (χ4n) is 5.26. The van der Waals surface area contributed by atoms with E-state index in [1.54, 1.807) is 28.8 Å². The van der Waals surface area contributed by atoms with Gasteiger partial charge >= 0.3 is 0 Å². The van der Waals surface area contributed by atoms with Gasteiger partial charge in [-0.05, 0) is 54.3 Å². The van der Waals surface area contributed by atoms with Crippen LogP contribution in [0.25, 0.3) is 16.6 Å². The Bertz CT molecular complexity index is 1510. The molecule has 5 N–H and O–H groups in total. The summed E-state index contributed by atoms with van der Waals surface area (Å²) in [5, 5.41) is 14.5. The molecule has 0 aliphatic carbocycles. The fourth-order valence-corrected chi connectivity index (χ4v) is 5.26. The number of anilines is 2. The lowest BCUT2D eigenvalue weighted by Gasteiger charge is -2.44. The molecule has 0 bridgehead atoms. The van der Waals surface area contributed by atoms with E-state index in [4.69, 9.17) is 16.2 Å². The molecule has 4 aromatic rings. The van der Waals surface area contributed by atoms with E-state index >= 15 is 0 Å². The molecular weight excluding hydrogens is 516 g/mol. The first-order chi connectivity index (χ1) is 18.6. The molecule has 39 heavy (non-hydrogen) atoms. The van der Waals surface area contributed by atoms with Crippen LogP contribution in [-0.2, 0) is 6.42 Å². The largest absolute Gasteiger partial charge is 0.494 e. The van der Waals surface area contributed by atoms with Crippen LogP contribution in [0.4, 0.5) is 29.1 Å². The van der Waals surface area contributed by atoms with Gasteiger partial charge < -0.3 is 26.2 Å². The lowest BCUT2D eigenvalue weighted by Crippen LogP contribution is -2.63. The van der Waals surface area contributed by atoms with Crippen molar-refractivity contribution < 1.29 is 27.4 Å². The third-order valence-electron chi connectivity index (χ3n) is 7.29. The zero-order valence-corrected chi connectivity index (χ0v) is 21.1. The Morgan fingerprint density at radius 2 is 1.92 bits per heavy atom. The molecule has 1 saturated heterocycles. The van der Waals surface area contributed by atoms with Gasteiger partial charge in [-0.15, -0.1) is 0 Å². The SMILES string of the molecule is COc1cc(F)c(-c2ccc(N3CCC[C@](N)([C@H](O)C(F)F)C3)c(Cc3ccc4c(N)ncnn34)c2)cc1F. The number of halogens is 4. The average Bonchev–Trinajstić information content (AvgIpc) is 3.33. The second kappa shape index (κ2) is 10.3. The van der Waals surface area contributed by atoms with Crippen LogP contribution in [0, 0.1) is 11.6 Å². The van der Waals surface area contributed by atoms with Crippen molar-refractivity contribution in [2.45, 2.75) is 37.3 Å². The Hall–Kier alpha value is -3.90. The summed E-state index contributed by atoms with van der Waals surface area (Å²) in [7, 11) is 1.25. The monoisotopic (exact) mass is 544 g/mol. The van der Waals surface area contributed by atoms with E-state index in [1.165, 1.54) is 13.4 Å². The van der Waals surface area contributed by atoms with Gasteiger partial charge in [0.25, 0.3) is 6.43 Å². The van der Waals surface area contributed by atoms with Gasteiger partial charge in [-0.3, -0.25) is 0 Å². The van der Waals surface area contributed by atoms with Crippen LogP contribution in [-0.4, -0.2) is 58.0 Å². The van der Waals surface area contributed by atoms with Gasteiger partial charge in [-0.25, -0.2) is 27.1 Å². The van der Waals surface area contributed by atoms with Crippen molar-refractivity contribution >= 4 is 17.0 Å². The summed E-state index contributed by atoms with van der Waals surface area (Å²) in [6, 6.07) is 10.7. The first-order valence-electron chi connectivity index (χ1n) is 12.3. The number of nitrogens with zero attached hydrogens (tertiary/aromatic N) is 4. The number of ether oxygens (including phenoxy) is 1. The first-order valence-corrected chi connectivity index (χ1v) is 12.3. The number of aliphatic hydroxyl groups excluding tert-OH is 1. The van der Waals surface area contributed by atoms with E-state index in [0.717, 1.165) is 17.8 Å². The Kier molecular flexibility index (Phi) is 7.08. The van der Waals surface area contributed by atoms with Crippen molar-refractivity contribution in [1.82, 2.24) is 14.6 Å². The van der Waals surface area contributed by atoms with E-state index < -0.39 is 29.7 Å². The minimum absolute atomic E-state index is 0.0135. The van der Waals surface area contributed by atoms with Crippen LogP contribution in [0.2, 0.25) is 0 Å². The number of hydrogen-bond acceptors (Lipinski definition) is 7. The predicted octanol–water partition coefficient (Wildman–Crippen LogP) is 3.78. The number of nitrogens with two attached hydrogens (primary N) is 2. The third kappa shape index (κ3) is 4.97. The zero-order chi connectivity index (χ0) is 27.9. The molecule has 12 heteroatoms. The number of benzene rings is 2. The van der Waals surface area contributed by atoms with E-state index in [0.29, 0.717) is 47.5 Å². The molecule has 0 radical (unpaired) electrons. The van der Waals surface area contributed by atoms with E-state index in [-0.39, 0.29) is 24.3 Å². The topological polar surface area (TPSA) is 115 Å². The predicted molar refractivity (Wildman–Crippen MR) is 139 cm³/mol.